The molecule has 5 heteroatoms. The molecule has 0 radical (unpaired) electrons. The minimum absolute atomic E-state index is 0. The van der Waals surface area contributed by atoms with Gasteiger partial charge in [0.25, 0.3) is 0 Å². The molecule has 138 valence electrons. The third kappa shape index (κ3) is 4.10. The van der Waals surface area contributed by atoms with Gasteiger partial charge in [-0.2, -0.15) is 0 Å². The van der Waals surface area contributed by atoms with Crippen LogP contribution in [0.1, 0.15) is 0 Å². The first kappa shape index (κ1) is 20.5. The summed E-state index contributed by atoms with van der Waals surface area (Å²) >= 11 is 0. The van der Waals surface area contributed by atoms with Crippen LogP contribution < -0.4 is 30.1 Å². The fourth-order valence-corrected chi connectivity index (χ4v) is 5.94. The van der Waals surface area contributed by atoms with Gasteiger partial charge >= 0.3 is 0 Å². The molecule has 0 amide bonds. The molecule has 3 rings (SSSR count). The monoisotopic (exact) mass is 459 g/mol. The van der Waals surface area contributed by atoms with Crippen molar-refractivity contribution in [3.8, 4) is 17.2 Å². The van der Waals surface area contributed by atoms with E-state index in [1.807, 2.05) is 54.6 Å². The summed E-state index contributed by atoms with van der Waals surface area (Å²) in [5.41, 5.74) is 0. The van der Waals surface area contributed by atoms with Gasteiger partial charge in [-0.05, 0) is 36.4 Å². The molecule has 0 spiro atoms. The van der Waals surface area contributed by atoms with E-state index in [1.54, 1.807) is 21.3 Å². The maximum Gasteiger partial charge on any atom is 0.161 e. The summed E-state index contributed by atoms with van der Waals surface area (Å²) in [6.45, 7) is 0. The fourth-order valence-electron chi connectivity index (χ4n) is 2.99. The van der Waals surface area contributed by atoms with Crippen molar-refractivity contribution in [3.05, 3.63) is 72.8 Å². The van der Waals surface area contributed by atoms with E-state index in [4.69, 9.17) is 14.2 Å². The molecule has 3 aromatic carbocycles. The number of rotatable bonds is 6. The van der Waals surface area contributed by atoms with E-state index in [1.165, 1.54) is 15.9 Å². The van der Waals surface area contributed by atoms with E-state index < -0.39 is 7.92 Å². The maximum absolute atomic E-state index is 5.66. The van der Waals surface area contributed by atoms with E-state index in [9.17, 15) is 0 Å². The van der Waals surface area contributed by atoms with Crippen molar-refractivity contribution >= 4 is 23.8 Å². The summed E-state index contributed by atoms with van der Waals surface area (Å²) in [5, 5.41) is 3.51. The Morgan fingerprint density at radius 3 is 1.04 bits per heavy atom. The molecule has 3 aromatic rings. The van der Waals surface area contributed by atoms with Crippen LogP contribution in [0.5, 0.6) is 17.2 Å². The summed E-state index contributed by atoms with van der Waals surface area (Å²) < 4.78 is 17.0. The summed E-state index contributed by atoms with van der Waals surface area (Å²) in [7, 11) is 3.76. The van der Waals surface area contributed by atoms with Crippen LogP contribution in [0.15, 0.2) is 72.8 Å². The number of ether oxygens (including phenoxy) is 3. The van der Waals surface area contributed by atoms with Crippen molar-refractivity contribution in [1.82, 2.24) is 0 Å². The van der Waals surface area contributed by atoms with Gasteiger partial charge in [0, 0.05) is 20.4 Å². The second kappa shape index (κ2) is 9.74. The zero-order valence-corrected chi connectivity index (χ0v) is 17.5. The van der Waals surface area contributed by atoms with Crippen LogP contribution >= 0.6 is 7.92 Å². The molecule has 0 N–H and O–H groups in total. The number of methoxy groups -OCH3 is 3. The predicted molar refractivity (Wildman–Crippen MR) is 106 cm³/mol. The van der Waals surface area contributed by atoms with Crippen molar-refractivity contribution in [2.45, 2.75) is 0 Å². The average Bonchev–Trinajstić information content (AvgIpc) is 2.69. The van der Waals surface area contributed by atoms with E-state index >= 15 is 0 Å². The van der Waals surface area contributed by atoms with Crippen LogP contribution in [0.25, 0.3) is 0 Å². The molecule has 0 saturated carbocycles. The van der Waals surface area contributed by atoms with E-state index in [-0.39, 0.29) is 20.4 Å². The van der Waals surface area contributed by atoms with Crippen LogP contribution in [-0.2, 0) is 20.4 Å². The second-order valence-corrected chi connectivity index (χ2v) is 7.84. The molecule has 0 aromatic heterocycles. The number of hydrogen-bond donors (Lipinski definition) is 0. The Morgan fingerprint density at radius 2 is 0.769 bits per heavy atom. The van der Waals surface area contributed by atoms with Crippen LogP contribution in [-0.4, -0.2) is 21.3 Å². The molecular formula is C21H22O3PPd+. The first-order valence-corrected chi connectivity index (χ1v) is 9.57. The quantitative estimate of drug-likeness (QED) is 0.418. The third-order valence-electron chi connectivity index (χ3n) is 4.13. The van der Waals surface area contributed by atoms with Gasteiger partial charge in [-0.15, -0.1) is 0 Å². The number of hydrogen-bond acceptors (Lipinski definition) is 3. The zero-order chi connectivity index (χ0) is 17.6. The minimum atomic E-state index is -1.38. The van der Waals surface area contributed by atoms with E-state index in [0.29, 0.717) is 0 Å². The molecule has 0 atom stereocenters. The van der Waals surface area contributed by atoms with Gasteiger partial charge in [0.2, 0.25) is 0 Å². The Balaban J connectivity index is 0.00000243. The Kier molecular flexibility index (Phi) is 7.67. The average molecular weight is 460 g/mol. The molecule has 0 unspecified atom stereocenters. The van der Waals surface area contributed by atoms with Crippen LogP contribution in [0.3, 0.4) is 0 Å². The second-order valence-electron chi connectivity index (χ2n) is 5.48. The summed E-state index contributed by atoms with van der Waals surface area (Å²) in [6.07, 6.45) is 0. The maximum atomic E-state index is 5.66. The molecule has 0 fully saturated rings. The molecule has 0 aliphatic carbocycles. The Hall–Kier alpha value is -1.85. The van der Waals surface area contributed by atoms with Crippen molar-refractivity contribution < 1.29 is 34.6 Å². The molecule has 3 nitrogen and oxygen atoms in total. The zero-order valence-electron chi connectivity index (χ0n) is 15.0. The molecule has 0 saturated heterocycles. The van der Waals surface area contributed by atoms with Gasteiger partial charge < -0.3 is 14.2 Å². The minimum Gasteiger partial charge on any atom is -0.493 e. The normalized spacial score (nSPS) is 10.2. The van der Waals surface area contributed by atoms with Gasteiger partial charge in [0.15, 0.2) is 17.2 Å². The molecule has 0 bridgehead atoms. The van der Waals surface area contributed by atoms with Gasteiger partial charge in [-0.3, -0.25) is 0 Å². The SMILES string of the molecule is COc1ccccc1[PH+](c1ccccc1OC)c1ccccc1OC.[Pd]. The first-order valence-electron chi connectivity index (χ1n) is 8.07. The van der Waals surface area contributed by atoms with Crippen molar-refractivity contribution in [2.24, 2.45) is 0 Å². The van der Waals surface area contributed by atoms with Crippen molar-refractivity contribution in [1.29, 1.82) is 0 Å². The van der Waals surface area contributed by atoms with Crippen LogP contribution in [0, 0.1) is 0 Å². The first-order chi connectivity index (χ1) is 12.3. The van der Waals surface area contributed by atoms with E-state index in [0.717, 1.165) is 17.2 Å². The number of benzene rings is 3. The Bertz CT molecular complexity index is 741. The van der Waals surface area contributed by atoms with Crippen LogP contribution in [0.4, 0.5) is 0 Å². The topological polar surface area (TPSA) is 27.7 Å². The van der Waals surface area contributed by atoms with Crippen molar-refractivity contribution in [2.75, 3.05) is 21.3 Å². The molecule has 26 heavy (non-hydrogen) atoms. The van der Waals surface area contributed by atoms with Crippen molar-refractivity contribution in [3.63, 3.8) is 0 Å². The number of para-hydroxylation sites is 3. The molecular weight excluding hydrogens is 438 g/mol. The smallest absolute Gasteiger partial charge is 0.161 e. The van der Waals surface area contributed by atoms with Gasteiger partial charge in [-0.1, -0.05) is 36.4 Å². The van der Waals surface area contributed by atoms with Gasteiger partial charge in [0.1, 0.15) is 23.8 Å². The fraction of sp³-hybridized carbons (Fsp3) is 0.143. The van der Waals surface area contributed by atoms with E-state index in [2.05, 4.69) is 18.2 Å². The largest absolute Gasteiger partial charge is 0.493 e. The Morgan fingerprint density at radius 1 is 0.500 bits per heavy atom. The Labute approximate surface area is 169 Å². The standard InChI is InChI=1S/C21H21O3P.Pd/c1-22-16-10-4-7-13-19(16)25(20-14-8-5-11-17(20)23-2)21-15-9-6-12-18(21)24-3;/h4-15H,1-3H3;/p+1. The summed E-state index contributed by atoms with van der Waals surface area (Å²) in [6, 6.07) is 24.5. The molecule has 0 aliphatic heterocycles. The van der Waals surface area contributed by atoms with Gasteiger partial charge in [-0.25, -0.2) is 0 Å². The molecule has 0 heterocycles. The summed E-state index contributed by atoms with van der Waals surface area (Å²) in [4.78, 5) is 0. The molecule has 0 aliphatic rings. The van der Waals surface area contributed by atoms with Crippen LogP contribution in [0.2, 0.25) is 0 Å². The van der Waals surface area contributed by atoms with Gasteiger partial charge in [0.05, 0.1) is 21.3 Å². The third-order valence-corrected chi connectivity index (χ3v) is 6.98. The predicted octanol–water partition coefficient (Wildman–Crippen LogP) is 3.20. The summed E-state index contributed by atoms with van der Waals surface area (Å²) in [5.74, 6) is 2.65.